The highest BCUT2D eigenvalue weighted by Crippen LogP contribution is 2.12. The predicted molar refractivity (Wildman–Crippen MR) is 53.1 cm³/mol. The van der Waals surface area contributed by atoms with Gasteiger partial charge in [-0.1, -0.05) is 12.2 Å². The van der Waals surface area contributed by atoms with Gasteiger partial charge in [-0.2, -0.15) is 5.10 Å². The Hall–Kier alpha value is -1.23. The van der Waals surface area contributed by atoms with Crippen LogP contribution in [0.3, 0.4) is 0 Å². The van der Waals surface area contributed by atoms with Crippen LogP contribution in [0.25, 0.3) is 11.0 Å². The van der Waals surface area contributed by atoms with Gasteiger partial charge in [0.2, 0.25) is 0 Å². The van der Waals surface area contributed by atoms with Gasteiger partial charge in [-0.3, -0.25) is 4.68 Å². The average Bonchev–Trinajstić information content (AvgIpc) is 2.49. The van der Waals surface area contributed by atoms with E-state index < -0.39 is 0 Å². The maximum Gasteiger partial charge on any atom is 0.163 e. The van der Waals surface area contributed by atoms with Gasteiger partial charge >= 0.3 is 0 Å². The van der Waals surface area contributed by atoms with Crippen LogP contribution in [0.15, 0.2) is 12.5 Å². The lowest BCUT2D eigenvalue weighted by atomic mass is 10.4. The van der Waals surface area contributed by atoms with E-state index in [4.69, 9.17) is 12.2 Å². The van der Waals surface area contributed by atoms with Gasteiger partial charge in [-0.15, -0.1) is 0 Å². The molecular formula is C8H10N4S. The lowest BCUT2D eigenvalue weighted by Crippen LogP contribution is -2.00. The molecular weight excluding hydrogens is 184 g/mol. The Morgan fingerprint density at radius 1 is 1.54 bits per heavy atom. The zero-order valence-corrected chi connectivity index (χ0v) is 8.30. The largest absolute Gasteiger partial charge is 0.329 e. The minimum absolute atomic E-state index is 0.343. The molecule has 0 amide bonds. The molecule has 0 unspecified atom stereocenters. The quantitative estimate of drug-likeness (QED) is 0.707. The lowest BCUT2D eigenvalue weighted by Gasteiger charge is -2.01. The molecule has 0 spiro atoms. The smallest absolute Gasteiger partial charge is 0.163 e. The van der Waals surface area contributed by atoms with Crippen LogP contribution >= 0.6 is 12.2 Å². The summed E-state index contributed by atoms with van der Waals surface area (Å²) in [4.78, 5) is 6.94. The molecule has 2 aromatic heterocycles. The van der Waals surface area contributed by atoms with E-state index in [1.54, 1.807) is 6.33 Å². The van der Waals surface area contributed by atoms with E-state index in [0.29, 0.717) is 10.7 Å². The molecule has 0 saturated heterocycles. The average molecular weight is 194 g/mol. The van der Waals surface area contributed by atoms with Crippen LogP contribution in [0.5, 0.6) is 0 Å². The normalized spacial score (nSPS) is 11.3. The van der Waals surface area contributed by atoms with E-state index in [0.717, 1.165) is 11.0 Å². The van der Waals surface area contributed by atoms with Crippen molar-refractivity contribution in [1.29, 1.82) is 0 Å². The molecule has 0 radical (unpaired) electrons. The number of hydrogen-bond donors (Lipinski definition) is 1. The van der Waals surface area contributed by atoms with Gasteiger partial charge in [-0.05, 0) is 13.8 Å². The number of aromatic nitrogens is 4. The second-order valence-corrected chi connectivity index (χ2v) is 3.56. The van der Waals surface area contributed by atoms with Crippen molar-refractivity contribution in [3.8, 4) is 0 Å². The first-order valence-electron chi connectivity index (χ1n) is 4.11. The first kappa shape index (κ1) is 8.37. The van der Waals surface area contributed by atoms with Gasteiger partial charge in [0.05, 0.1) is 11.7 Å². The highest BCUT2D eigenvalue weighted by Gasteiger charge is 2.04. The summed E-state index contributed by atoms with van der Waals surface area (Å²) < 4.78 is 2.47. The van der Waals surface area contributed by atoms with Crippen LogP contribution in [0.1, 0.15) is 19.9 Å². The maximum atomic E-state index is 5.07. The van der Waals surface area contributed by atoms with Crippen LogP contribution in [0, 0.1) is 4.64 Å². The van der Waals surface area contributed by atoms with E-state index in [1.807, 2.05) is 10.9 Å². The van der Waals surface area contributed by atoms with Crippen LogP contribution in [-0.4, -0.2) is 19.7 Å². The third-order valence-electron chi connectivity index (χ3n) is 1.87. The number of aromatic amines is 1. The summed E-state index contributed by atoms with van der Waals surface area (Å²) in [6.45, 7) is 4.14. The lowest BCUT2D eigenvalue weighted by molar-refractivity contribution is 0.536. The molecule has 2 heterocycles. The first-order valence-corrected chi connectivity index (χ1v) is 4.52. The predicted octanol–water partition coefficient (Wildman–Crippen LogP) is 2.07. The second-order valence-electron chi connectivity index (χ2n) is 3.17. The van der Waals surface area contributed by atoms with E-state index in [2.05, 4.69) is 28.9 Å². The molecule has 4 nitrogen and oxygen atoms in total. The Bertz CT molecular complexity index is 482. The van der Waals surface area contributed by atoms with Crippen molar-refractivity contribution in [3.63, 3.8) is 0 Å². The van der Waals surface area contributed by atoms with Crippen molar-refractivity contribution >= 4 is 23.3 Å². The van der Waals surface area contributed by atoms with Gasteiger partial charge < -0.3 is 4.98 Å². The standard InChI is InChI=1S/C8H10N4S/c1-5(2)12-3-6-7(11-12)9-4-10-8(6)13/h3-5H,1-2H3,(H,9,10,11,13). The molecule has 5 heteroatoms. The highest BCUT2D eigenvalue weighted by atomic mass is 32.1. The molecule has 0 bridgehead atoms. The molecule has 0 aliphatic heterocycles. The van der Waals surface area contributed by atoms with E-state index in [-0.39, 0.29) is 0 Å². The third-order valence-corrected chi connectivity index (χ3v) is 2.20. The van der Waals surface area contributed by atoms with E-state index >= 15 is 0 Å². The van der Waals surface area contributed by atoms with Crippen LogP contribution < -0.4 is 0 Å². The minimum Gasteiger partial charge on any atom is -0.329 e. The molecule has 0 aliphatic carbocycles. The van der Waals surface area contributed by atoms with Crippen molar-refractivity contribution in [2.45, 2.75) is 19.9 Å². The summed E-state index contributed by atoms with van der Waals surface area (Å²) in [5.74, 6) is 0. The summed E-state index contributed by atoms with van der Waals surface area (Å²) >= 11 is 5.07. The fraction of sp³-hybridized carbons (Fsp3) is 0.375. The van der Waals surface area contributed by atoms with Gasteiger partial charge in [0.25, 0.3) is 0 Å². The number of hydrogen-bond acceptors (Lipinski definition) is 3. The second kappa shape index (κ2) is 2.92. The van der Waals surface area contributed by atoms with Gasteiger partial charge in [-0.25, -0.2) is 4.98 Å². The first-order chi connectivity index (χ1) is 6.18. The van der Waals surface area contributed by atoms with Crippen molar-refractivity contribution in [2.75, 3.05) is 0 Å². The van der Waals surface area contributed by atoms with Crippen LogP contribution in [0.2, 0.25) is 0 Å². The fourth-order valence-corrected chi connectivity index (χ4v) is 1.34. The van der Waals surface area contributed by atoms with Gasteiger partial charge in [0, 0.05) is 12.2 Å². The number of nitrogens with zero attached hydrogens (tertiary/aromatic N) is 3. The Morgan fingerprint density at radius 3 is 2.92 bits per heavy atom. The third kappa shape index (κ3) is 1.35. The number of rotatable bonds is 1. The van der Waals surface area contributed by atoms with Gasteiger partial charge in [0.1, 0.15) is 4.64 Å². The molecule has 0 fully saturated rings. The summed E-state index contributed by atoms with van der Waals surface area (Å²) in [5.41, 5.74) is 0.800. The van der Waals surface area contributed by atoms with Gasteiger partial charge in [0.15, 0.2) is 5.65 Å². The molecule has 0 atom stereocenters. The summed E-state index contributed by atoms with van der Waals surface area (Å²) in [7, 11) is 0. The molecule has 68 valence electrons. The van der Waals surface area contributed by atoms with Crippen molar-refractivity contribution in [1.82, 2.24) is 19.7 Å². The van der Waals surface area contributed by atoms with Crippen LogP contribution in [-0.2, 0) is 0 Å². The van der Waals surface area contributed by atoms with Crippen LogP contribution in [0.4, 0.5) is 0 Å². The molecule has 2 rings (SSSR count). The zero-order valence-electron chi connectivity index (χ0n) is 7.48. The minimum atomic E-state index is 0.343. The SMILES string of the molecule is CC(C)n1cc2c(=S)nc[nH]c2n1. The van der Waals surface area contributed by atoms with Crippen molar-refractivity contribution < 1.29 is 0 Å². The molecule has 0 aliphatic rings. The summed E-state index contributed by atoms with van der Waals surface area (Å²) in [6.07, 6.45) is 3.49. The number of H-pyrrole nitrogens is 1. The molecule has 0 aromatic carbocycles. The maximum absolute atomic E-state index is 5.07. The van der Waals surface area contributed by atoms with E-state index in [9.17, 15) is 0 Å². The molecule has 13 heavy (non-hydrogen) atoms. The monoisotopic (exact) mass is 194 g/mol. The van der Waals surface area contributed by atoms with Crippen molar-refractivity contribution in [3.05, 3.63) is 17.2 Å². The Labute approximate surface area is 80.6 Å². The number of fused-ring (bicyclic) bond motifs is 1. The Kier molecular flexibility index (Phi) is 1.88. The number of nitrogens with one attached hydrogen (secondary N) is 1. The van der Waals surface area contributed by atoms with E-state index in [1.165, 1.54) is 0 Å². The highest BCUT2D eigenvalue weighted by molar-refractivity contribution is 7.71. The molecule has 0 saturated carbocycles. The Balaban J connectivity index is 2.76. The topological polar surface area (TPSA) is 46.5 Å². The Morgan fingerprint density at radius 2 is 2.31 bits per heavy atom. The summed E-state index contributed by atoms with van der Waals surface area (Å²) in [6, 6.07) is 0.343. The molecule has 1 N–H and O–H groups in total. The zero-order chi connectivity index (χ0) is 9.42. The van der Waals surface area contributed by atoms with Crippen molar-refractivity contribution in [2.24, 2.45) is 0 Å². The molecule has 2 aromatic rings. The fourth-order valence-electron chi connectivity index (χ4n) is 1.14. The summed E-state index contributed by atoms with van der Waals surface area (Å²) in [5, 5.41) is 5.24.